The molecule has 0 aromatic carbocycles. The molecule has 0 unspecified atom stereocenters. The van der Waals surface area contributed by atoms with Gasteiger partial charge in [-0.1, -0.05) is 23.8 Å². The molecular weight excluding hydrogens is 170 g/mol. The zero-order valence-electron chi connectivity index (χ0n) is 8.75. The number of pyridine rings is 1. The van der Waals surface area contributed by atoms with Crippen LogP contribution in [0.4, 0.5) is 0 Å². The first-order valence-corrected chi connectivity index (χ1v) is 5.05. The maximum Gasteiger partial charge on any atom is 0.0691 e. The summed E-state index contributed by atoms with van der Waals surface area (Å²) in [7, 11) is 0. The Morgan fingerprint density at radius 3 is 2.86 bits per heavy atom. The average molecular weight is 185 g/mol. The van der Waals surface area contributed by atoms with Crippen molar-refractivity contribution in [2.45, 2.75) is 26.7 Å². The Hall–Kier alpha value is -1.37. The molecule has 0 N–H and O–H groups in total. The number of fused-ring (bicyclic) bond motifs is 1. The molecule has 0 fully saturated rings. The fraction of sp³-hybridized carbons (Fsp3) is 0.308. The molecule has 0 aliphatic heterocycles. The van der Waals surface area contributed by atoms with Gasteiger partial charge >= 0.3 is 0 Å². The summed E-state index contributed by atoms with van der Waals surface area (Å²) < 4.78 is 0. The fourth-order valence-corrected chi connectivity index (χ4v) is 1.73. The summed E-state index contributed by atoms with van der Waals surface area (Å²) in [5.41, 5.74) is 2.84. The number of hydrogen-bond donors (Lipinski definition) is 0. The molecule has 0 radical (unpaired) electrons. The van der Waals surface area contributed by atoms with Crippen LogP contribution in [0, 0.1) is 0 Å². The van der Waals surface area contributed by atoms with Gasteiger partial charge in [0.15, 0.2) is 0 Å². The van der Waals surface area contributed by atoms with Gasteiger partial charge in [0.1, 0.15) is 0 Å². The Labute approximate surface area is 84.5 Å². The first kappa shape index (κ1) is 9.20. The van der Waals surface area contributed by atoms with Gasteiger partial charge in [-0.15, -0.1) is 0 Å². The van der Waals surface area contributed by atoms with Crippen LogP contribution in [-0.2, 0) is 0 Å². The Kier molecular flexibility index (Phi) is 2.49. The Morgan fingerprint density at radius 1 is 1.14 bits per heavy atom. The molecule has 1 aromatic rings. The van der Waals surface area contributed by atoms with Crippen molar-refractivity contribution in [2.24, 2.45) is 0 Å². The smallest absolute Gasteiger partial charge is 0.0691 e. The lowest BCUT2D eigenvalue weighted by molar-refractivity contribution is 0.967. The van der Waals surface area contributed by atoms with E-state index in [1.807, 2.05) is 12.3 Å². The lowest BCUT2D eigenvalue weighted by Crippen LogP contribution is -2.29. The van der Waals surface area contributed by atoms with Crippen LogP contribution in [0.25, 0.3) is 11.6 Å². The van der Waals surface area contributed by atoms with Crippen molar-refractivity contribution in [1.82, 2.24) is 4.98 Å². The minimum absolute atomic E-state index is 1.13. The molecule has 1 nitrogen and oxygen atoms in total. The highest BCUT2D eigenvalue weighted by Gasteiger charge is 1.98. The molecule has 0 saturated carbocycles. The number of aromatic nitrogens is 1. The highest BCUT2D eigenvalue weighted by atomic mass is 14.6. The van der Waals surface area contributed by atoms with Crippen molar-refractivity contribution in [1.29, 1.82) is 0 Å². The van der Waals surface area contributed by atoms with Crippen LogP contribution in [0.3, 0.4) is 0 Å². The molecule has 0 bridgehead atoms. The maximum absolute atomic E-state index is 4.43. The Bertz CT molecular complexity index is 480. The van der Waals surface area contributed by atoms with Gasteiger partial charge in [0.2, 0.25) is 0 Å². The molecular formula is C13H15N. The first-order chi connectivity index (χ1) is 6.77. The molecule has 0 atom stereocenters. The molecule has 2 rings (SSSR count). The van der Waals surface area contributed by atoms with Gasteiger partial charge in [0, 0.05) is 11.4 Å². The number of allylic oxidation sites excluding steroid dienone is 2. The van der Waals surface area contributed by atoms with E-state index in [4.69, 9.17) is 0 Å². The van der Waals surface area contributed by atoms with Crippen LogP contribution in [0.5, 0.6) is 0 Å². The third kappa shape index (κ3) is 1.77. The van der Waals surface area contributed by atoms with Gasteiger partial charge < -0.3 is 0 Å². The van der Waals surface area contributed by atoms with Gasteiger partial charge in [-0.25, -0.2) is 0 Å². The largest absolute Gasteiger partial charge is 0.256 e. The lowest BCUT2D eigenvalue weighted by Gasteiger charge is -2.04. The summed E-state index contributed by atoms with van der Waals surface area (Å²) in [6.07, 6.45) is 8.51. The molecule has 1 aliphatic carbocycles. The summed E-state index contributed by atoms with van der Waals surface area (Å²) in [6, 6.07) is 4.12. The summed E-state index contributed by atoms with van der Waals surface area (Å²) in [5, 5.41) is 2.40. The highest BCUT2D eigenvalue weighted by Crippen LogP contribution is 2.10. The number of hydrogen-bond acceptors (Lipinski definition) is 1. The van der Waals surface area contributed by atoms with E-state index in [1.165, 1.54) is 16.4 Å². The molecule has 1 heteroatoms. The van der Waals surface area contributed by atoms with Crippen molar-refractivity contribution in [3.05, 3.63) is 40.5 Å². The molecule has 14 heavy (non-hydrogen) atoms. The standard InChI is InChI=1S/C13H15N/c1-10-5-7-11(2)13-12(8-6-10)4-3-9-14-13/h3-4,6,8-9H,5,7H2,1-2H3/b10-6+,12-8-,13-11+. The highest BCUT2D eigenvalue weighted by molar-refractivity contribution is 5.47. The maximum atomic E-state index is 4.43. The number of nitrogens with zero attached hydrogens (tertiary/aromatic N) is 1. The number of rotatable bonds is 0. The zero-order chi connectivity index (χ0) is 9.97. The van der Waals surface area contributed by atoms with Crippen LogP contribution in [0.15, 0.2) is 30.0 Å². The molecule has 72 valence electrons. The van der Waals surface area contributed by atoms with E-state index in [2.05, 4.69) is 37.0 Å². The molecule has 0 amide bonds. The van der Waals surface area contributed by atoms with Gasteiger partial charge in [0.25, 0.3) is 0 Å². The molecule has 1 aromatic heterocycles. The zero-order valence-corrected chi connectivity index (χ0v) is 8.75. The van der Waals surface area contributed by atoms with E-state index in [1.54, 1.807) is 0 Å². The van der Waals surface area contributed by atoms with Crippen LogP contribution < -0.4 is 10.6 Å². The second-order valence-electron chi connectivity index (χ2n) is 3.90. The molecule has 1 heterocycles. The predicted molar refractivity (Wildman–Crippen MR) is 60.0 cm³/mol. The second kappa shape index (κ2) is 3.79. The van der Waals surface area contributed by atoms with Crippen molar-refractivity contribution >= 4 is 11.6 Å². The fourth-order valence-electron chi connectivity index (χ4n) is 1.73. The van der Waals surface area contributed by atoms with Crippen molar-refractivity contribution in [2.75, 3.05) is 0 Å². The van der Waals surface area contributed by atoms with E-state index < -0.39 is 0 Å². The van der Waals surface area contributed by atoms with E-state index in [-0.39, 0.29) is 0 Å². The monoisotopic (exact) mass is 185 g/mol. The topological polar surface area (TPSA) is 12.9 Å². The average Bonchev–Trinajstić information content (AvgIpc) is 2.21. The van der Waals surface area contributed by atoms with Crippen molar-refractivity contribution in [3.63, 3.8) is 0 Å². The van der Waals surface area contributed by atoms with E-state index in [9.17, 15) is 0 Å². The Balaban J connectivity index is 2.75. The van der Waals surface area contributed by atoms with Crippen molar-refractivity contribution < 1.29 is 0 Å². The Morgan fingerprint density at radius 2 is 2.00 bits per heavy atom. The minimum atomic E-state index is 1.13. The predicted octanol–water partition coefficient (Wildman–Crippen LogP) is 1.77. The molecule has 0 spiro atoms. The third-order valence-corrected chi connectivity index (χ3v) is 2.68. The first-order valence-electron chi connectivity index (χ1n) is 5.05. The summed E-state index contributed by atoms with van der Waals surface area (Å²) >= 11 is 0. The quantitative estimate of drug-likeness (QED) is 0.600. The minimum Gasteiger partial charge on any atom is -0.256 e. The SMILES string of the molecule is C\C1=C/C=c2/cccn/c2=C(\C)CC1. The van der Waals surface area contributed by atoms with Crippen LogP contribution in [0.1, 0.15) is 26.7 Å². The molecule has 0 saturated heterocycles. The summed E-state index contributed by atoms with van der Waals surface area (Å²) in [4.78, 5) is 4.43. The van der Waals surface area contributed by atoms with Gasteiger partial charge in [-0.05, 0) is 38.3 Å². The van der Waals surface area contributed by atoms with E-state index >= 15 is 0 Å². The lowest BCUT2D eigenvalue weighted by atomic mass is 10.0. The molecule has 1 aliphatic rings. The van der Waals surface area contributed by atoms with Gasteiger partial charge in [0.05, 0.1) is 5.35 Å². The van der Waals surface area contributed by atoms with Crippen molar-refractivity contribution in [3.8, 4) is 0 Å². The third-order valence-electron chi connectivity index (χ3n) is 2.68. The van der Waals surface area contributed by atoms with E-state index in [0.717, 1.165) is 18.2 Å². The normalized spacial score (nSPS) is 26.1. The summed E-state index contributed by atoms with van der Waals surface area (Å²) in [5.74, 6) is 0. The summed E-state index contributed by atoms with van der Waals surface area (Å²) in [6.45, 7) is 4.36. The van der Waals surface area contributed by atoms with Crippen LogP contribution in [0.2, 0.25) is 0 Å². The van der Waals surface area contributed by atoms with Gasteiger partial charge in [-0.3, -0.25) is 4.98 Å². The second-order valence-corrected chi connectivity index (χ2v) is 3.90. The van der Waals surface area contributed by atoms with E-state index in [0.29, 0.717) is 0 Å². The van der Waals surface area contributed by atoms with Gasteiger partial charge in [-0.2, -0.15) is 0 Å². The van der Waals surface area contributed by atoms with Crippen LogP contribution in [-0.4, -0.2) is 4.98 Å². The van der Waals surface area contributed by atoms with Crippen LogP contribution >= 0.6 is 0 Å².